The van der Waals surface area contributed by atoms with Gasteiger partial charge in [0.2, 0.25) is 5.91 Å². The highest BCUT2D eigenvalue weighted by molar-refractivity contribution is 9.10. The summed E-state index contributed by atoms with van der Waals surface area (Å²) in [6.45, 7) is -0.0446. The summed E-state index contributed by atoms with van der Waals surface area (Å²) in [7, 11) is 0. The van der Waals surface area contributed by atoms with Gasteiger partial charge in [0.15, 0.2) is 0 Å². The number of nitrogens with zero attached hydrogens (tertiary/aromatic N) is 1. The zero-order valence-corrected chi connectivity index (χ0v) is 14.3. The molecule has 3 rings (SSSR count). The fraction of sp³-hybridized carbons (Fsp3) is 0.125. The first kappa shape index (κ1) is 15.8. The maximum Gasteiger partial charge on any atom is 0.258 e. The van der Waals surface area contributed by atoms with E-state index in [0.29, 0.717) is 5.02 Å². The van der Waals surface area contributed by atoms with Gasteiger partial charge in [0, 0.05) is 15.2 Å². The molecule has 7 heteroatoms. The molecule has 23 heavy (non-hydrogen) atoms. The van der Waals surface area contributed by atoms with Crippen LogP contribution >= 0.6 is 27.5 Å². The first-order valence-electron chi connectivity index (χ1n) is 6.92. The molecule has 2 aromatic carbocycles. The minimum Gasteiger partial charge on any atom is -0.302 e. The van der Waals surface area contributed by atoms with Crippen LogP contribution in [-0.4, -0.2) is 18.4 Å². The fourth-order valence-corrected chi connectivity index (χ4v) is 2.84. The van der Waals surface area contributed by atoms with Gasteiger partial charge < -0.3 is 4.90 Å². The second kappa shape index (κ2) is 6.60. The molecule has 2 N–H and O–H groups in total. The lowest BCUT2D eigenvalue weighted by molar-refractivity contribution is -0.122. The number of amides is 2. The van der Waals surface area contributed by atoms with E-state index in [1.54, 1.807) is 18.2 Å². The Bertz CT molecular complexity index is 764. The fourth-order valence-electron chi connectivity index (χ4n) is 2.38. The summed E-state index contributed by atoms with van der Waals surface area (Å²) in [5.41, 5.74) is 7.73. The van der Waals surface area contributed by atoms with Crippen LogP contribution in [0.1, 0.15) is 5.56 Å². The first-order chi connectivity index (χ1) is 11.0. The van der Waals surface area contributed by atoms with Gasteiger partial charge in [-0.2, -0.15) is 0 Å². The predicted molar refractivity (Wildman–Crippen MR) is 93.4 cm³/mol. The molecule has 0 aliphatic carbocycles. The standard InChI is InChI=1S/C16H13BrClN3O2/c17-11-1-4-13(5-2-11)19-20-15(22)9-21-14-6-3-12(18)7-10(14)8-16(21)23/h1-7,19H,8-9H2,(H,20,22). The number of anilines is 2. The average Bonchev–Trinajstić information content (AvgIpc) is 2.82. The Morgan fingerprint density at radius 1 is 1.22 bits per heavy atom. The van der Waals surface area contributed by atoms with E-state index in [0.717, 1.165) is 21.4 Å². The molecule has 0 atom stereocenters. The number of hydrogen-bond acceptors (Lipinski definition) is 3. The minimum atomic E-state index is -0.302. The highest BCUT2D eigenvalue weighted by Crippen LogP contribution is 2.30. The van der Waals surface area contributed by atoms with Crippen molar-refractivity contribution in [1.82, 2.24) is 5.43 Å². The van der Waals surface area contributed by atoms with Crippen LogP contribution in [0.15, 0.2) is 46.9 Å². The molecule has 0 unspecified atom stereocenters. The number of halogens is 2. The van der Waals surface area contributed by atoms with E-state index >= 15 is 0 Å². The lowest BCUT2D eigenvalue weighted by Gasteiger charge is -2.17. The van der Waals surface area contributed by atoms with E-state index in [-0.39, 0.29) is 24.8 Å². The molecule has 0 saturated heterocycles. The zero-order chi connectivity index (χ0) is 16.4. The lowest BCUT2D eigenvalue weighted by atomic mass is 10.2. The smallest absolute Gasteiger partial charge is 0.258 e. The third-order valence-corrected chi connectivity index (χ3v) is 4.23. The number of hydrogen-bond donors (Lipinski definition) is 2. The van der Waals surface area contributed by atoms with Gasteiger partial charge in [0.25, 0.3) is 5.91 Å². The molecule has 0 spiro atoms. The van der Waals surface area contributed by atoms with Crippen LogP contribution in [0, 0.1) is 0 Å². The van der Waals surface area contributed by atoms with Crippen molar-refractivity contribution < 1.29 is 9.59 Å². The Morgan fingerprint density at radius 3 is 2.70 bits per heavy atom. The van der Waals surface area contributed by atoms with Crippen LogP contribution in [0.3, 0.4) is 0 Å². The van der Waals surface area contributed by atoms with E-state index in [9.17, 15) is 9.59 Å². The van der Waals surface area contributed by atoms with E-state index in [1.807, 2.05) is 24.3 Å². The molecule has 1 aliphatic heterocycles. The maximum absolute atomic E-state index is 12.1. The number of fused-ring (bicyclic) bond motifs is 1. The SMILES string of the molecule is O=C(CN1C(=O)Cc2cc(Cl)ccc21)NNc1ccc(Br)cc1. The molecule has 1 aliphatic rings. The number of hydrazine groups is 1. The Kier molecular flexibility index (Phi) is 4.54. The number of carbonyl (C=O) groups excluding carboxylic acids is 2. The molecule has 5 nitrogen and oxygen atoms in total. The molecule has 0 aromatic heterocycles. The van der Waals surface area contributed by atoms with Crippen LogP contribution < -0.4 is 15.8 Å². The van der Waals surface area contributed by atoms with Crippen LogP contribution in [0.5, 0.6) is 0 Å². The van der Waals surface area contributed by atoms with E-state index in [1.165, 1.54) is 4.90 Å². The average molecular weight is 395 g/mol. The molecule has 0 fully saturated rings. The van der Waals surface area contributed by atoms with Crippen LogP contribution in [0.2, 0.25) is 5.02 Å². The van der Waals surface area contributed by atoms with Crippen molar-refractivity contribution in [3.05, 3.63) is 57.5 Å². The minimum absolute atomic E-state index is 0.0446. The second-order valence-corrected chi connectivity index (χ2v) is 6.46. The van der Waals surface area contributed by atoms with Gasteiger partial charge >= 0.3 is 0 Å². The summed E-state index contributed by atoms with van der Waals surface area (Å²) in [5.74, 6) is -0.412. The number of benzene rings is 2. The summed E-state index contributed by atoms with van der Waals surface area (Å²) in [5, 5.41) is 0.583. The summed E-state index contributed by atoms with van der Waals surface area (Å²) in [6, 6.07) is 12.6. The summed E-state index contributed by atoms with van der Waals surface area (Å²) >= 11 is 9.27. The molecule has 0 bridgehead atoms. The monoisotopic (exact) mass is 393 g/mol. The van der Waals surface area contributed by atoms with Gasteiger partial charge in [-0.3, -0.25) is 20.4 Å². The molecule has 0 radical (unpaired) electrons. The lowest BCUT2D eigenvalue weighted by Crippen LogP contribution is -2.41. The molecule has 118 valence electrons. The van der Waals surface area contributed by atoms with Crippen LogP contribution in [-0.2, 0) is 16.0 Å². The molecular weight excluding hydrogens is 382 g/mol. The summed E-state index contributed by atoms with van der Waals surface area (Å²) in [4.78, 5) is 25.6. The molecule has 1 heterocycles. The van der Waals surface area contributed by atoms with Gasteiger partial charge in [-0.25, -0.2) is 0 Å². The summed E-state index contributed by atoms with van der Waals surface area (Å²) in [6.07, 6.45) is 0.267. The van der Waals surface area contributed by atoms with Gasteiger partial charge in [-0.1, -0.05) is 27.5 Å². The maximum atomic E-state index is 12.1. The van der Waals surface area contributed by atoms with E-state index in [2.05, 4.69) is 26.8 Å². The van der Waals surface area contributed by atoms with Gasteiger partial charge in [-0.15, -0.1) is 0 Å². The topological polar surface area (TPSA) is 61.4 Å². The van der Waals surface area contributed by atoms with Crippen molar-refractivity contribution in [3.63, 3.8) is 0 Å². The molecule has 2 amide bonds. The van der Waals surface area contributed by atoms with Crippen LogP contribution in [0.25, 0.3) is 0 Å². The summed E-state index contributed by atoms with van der Waals surface area (Å²) < 4.78 is 0.951. The highest BCUT2D eigenvalue weighted by atomic mass is 79.9. The number of carbonyl (C=O) groups is 2. The Balaban J connectivity index is 1.62. The van der Waals surface area contributed by atoms with Crippen molar-refractivity contribution in [2.24, 2.45) is 0 Å². The molecule has 0 saturated carbocycles. The van der Waals surface area contributed by atoms with Gasteiger partial charge in [0.05, 0.1) is 12.1 Å². The molecular formula is C16H13BrClN3O2. The highest BCUT2D eigenvalue weighted by Gasteiger charge is 2.28. The number of rotatable bonds is 4. The normalized spacial score (nSPS) is 13.0. The molecule has 2 aromatic rings. The van der Waals surface area contributed by atoms with Crippen molar-refractivity contribution in [2.45, 2.75) is 6.42 Å². The van der Waals surface area contributed by atoms with Crippen molar-refractivity contribution in [2.75, 3.05) is 16.9 Å². The van der Waals surface area contributed by atoms with E-state index in [4.69, 9.17) is 11.6 Å². The van der Waals surface area contributed by atoms with E-state index < -0.39 is 0 Å². The van der Waals surface area contributed by atoms with Crippen molar-refractivity contribution >= 4 is 50.7 Å². The Labute approximate surface area is 146 Å². The van der Waals surface area contributed by atoms with Crippen molar-refractivity contribution in [1.29, 1.82) is 0 Å². The zero-order valence-electron chi connectivity index (χ0n) is 12.0. The Morgan fingerprint density at radius 2 is 1.96 bits per heavy atom. The largest absolute Gasteiger partial charge is 0.302 e. The first-order valence-corrected chi connectivity index (χ1v) is 8.09. The third kappa shape index (κ3) is 3.65. The van der Waals surface area contributed by atoms with Crippen molar-refractivity contribution in [3.8, 4) is 0 Å². The van der Waals surface area contributed by atoms with Crippen LogP contribution in [0.4, 0.5) is 11.4 Å². The second-order valence-electron chi connectivity index (χ2n) is 5.11. The predicted octanol–water partition coefficient (Wildman–Crippen LogP) is 3.13. The third-order valence-electron chi connectivity index (χ3n) is 3.47. The van der Waals surface area contributed by atoms with Gasteiger partial charge in [0.1, 0.15) is 6.54 Å². The van der Waals surface area contributed by atoms with Gasteiger partial charge in [-0.05, 0) is 48.0 Å². The quantitative estimate of drug-likeness (QED) is 0.783. The Hall–Kier alpha value is -2.05. The number of nitrogens with one attached hydrogen (secondary N) is 2.